The van der Waals surface area contributed by atoms with Crippen LogP contribution in [0.5, 0.6) is 0 Å². The van der Waals surface area contributed by atoms with Crippen molar-refractivity contribution in [1.29, 1.82) is 0 Å². The maximum absolute atomic E-state index is 5.67. The van der Waals surface area contributed by atoms with Crippen molar-refractivity contribution in [1.82, 2.24) is 19.9 Å². The molecule has 0 radical (unpaired) electrons. The largest absolute Gasteiger partial charge is 0.368 e. The third-order valence-corrected chi connectivity index (χ3v) is 2.52. The van der Waals surface area contributed by atoms with Crippen molar-refractivity contribution in [2.75, 3.05) is 30.0 Å². The van der Waals surface area contributed by atoms with Crippen LogP contribution >= 0.6 is 0 Å². The van der Waals surface area contributed by atoms with E-state index in [1.165, 1.54) is 0 Å². The second kappa shape index (κ2) is 5.47. The molecule has 0 aromatic carbocycles. The van der Waals surface area contributed by atoms with E-state index in [4.69, 9.17) is 5.73 Å². The van der Waals surface area contributed by atoms with Gasteiger partial charge in [-0.05, 0) is 19.1 Å². The molecule has 2 heterocycles. The van der Waals surface area contributed by atoms with Crippen LogP contribution in [-0.2, 0) is 0 Å². The molecular formula is C12H17N7. The molecule has 0 aliphatic carbocycles. The Morgan fingerprint density at radius 3 is 2.63 bits per heavy atom. The molecule has 1 unspecified atom stereocenters. The van der Waals surface area contributed by atoms with Crippen molar-refractivity contribution in [3.63, 3.8) is 0 Å². The molecule has 3 N–H and O–H groups in total. The van der Waals surface area contributed by atoms with Crippen LogP contribution in [-0.4, -0.2) is 34.0 Å². The molecule has 2 aromatic rings. The van der Waals surface area contributed by atoms with Gasteiger partial charge in [-0.2, -0.15) is 15.0 Å². The minimum atomic E-state index is -0.0157. The summed E-state index contributed by atoms with van der Waals surface area (Å²) in [5.41, 5.74) is 6.58. The fourth-order valence-electron chi connectivity index (χ4n) is 1.54. The minimum absolute atomic E-state index is 0.0157. The van der Waals surface area contributed by atoms with Crippen molar-refractivity contribution < 1.29 is 0 Å². The van der Waals surface area contributed by atoms with E-state index < -0.39 is 0 Å². The van der Waals surface area contributed by atoms with Gasteiger partial charge in [0.2, 0.25) is 17.8 Å². The molecule has 0 saturated carbocycles. The summed E-state index contributed by atoms with van der Waals surface area (Å²) in [7, 11) is 3.70. The number of hydrogen-bond donors (Lipinski definition) is 2. The number of nitrogen functional groups attached to an aromatic ring is 1. The Morgan fingerprint density at radius 2 is 2.00 bits per heavy atom. The van der Waals surface area contributed by atoms with Gasteiger partial charge in [-0.15, -0.1) is 0 Å². The third kappa shape index (κ3) is 3.27. The molecule has 0 fully saturated rings. The summed E-state index contributed by atoms with van der Waals surface area (Å²) in [5, 5.41) is 3.16. The van der Waals surface area contributed by atoms with Gasteiger partial charge in [-0.1, -0.05) is 6.07 Å². The fraction of sp³-hybridized carbons (Fsp3) is 0.333. The van der Waals surface area contributed by atoms with E-state index in [2.05, 4.69) is 25.3 Å². The van der Waals surface area contributed by atoms with Crippen LogP contribution in [0.15, 0.2) is 24.4 Å². The quantitative estimate of drug-likeness (QED) is 0.848. The average molecular weight is 259 g/mol. The highest BCUT2D eigenvalue weighted by atomic mass is 15.3. The van der Waals surface area contributed by atoms with Gasteiger partial charge in [0, 0.05) is 20.3 Å². The predicted octanol–water partition coefficient (Wildman–Crippen LogP) is 1.09. The van der Waals surface area contributed by atoms with Crippen molar-refractivity contribution in [3.8, 4) is 0 Å². The molecule has 100 valence electrons. The van der Waals surface area contributed by atoms with Crippen LogP contribution in [0.1, 0.15) is 18.7 Å². The summed E-state index contributed by atoms with van der Waals surface area (Å²) in [6.45, 7) is 1.98. The van der Waals surface area contributed by atoms with Crippen LogP contribution in [0, 0.1) is 0 Å². The van der Waals surface area contributed by atoms with Gasteiger partial charge >= 0.3 is 0 Å². The first-order valence-electron chi connectivity index (χ1n) is 5.92. The number of hydrogen-bond acceptors (Lipinski definition) is 7. The van der Waals surface area contributed by atoms with Gasteiger partial charge < -0.3 is 16.0 Å². The van der Waals surface area contributed by atoms with Crippen molar-refractivity contribution >= 4 is 17.8 Å². The number of anilines is 3. The van der Waals surface area contributed by atoms with Crippen LogP contribution in [0.25, 0.3) is 0 Å². The van der Waals surface area contributed by atoms with Gasteiger partial charge in [-0.25, -0.2) is 0 Å². The molecule has 19 heavy (non-hydrogen) atoms. The lowest BCUT2D eigenvalue weighted by Crippen LogP contribution is -2.17. The smallest absolute Gasteiger partial charge is 0.231 e. The fourth-order valence-corrected chi connectivity index (χ4v) is 1.54. The number of nitrogens with zero attached hydrogens (tertiary/aromatic N) is 5. The molecule has 1 atom stereocenters. The third-order valence-electron chi connectivity index (χ3n) is 2.52. The number of rotatable bonds is 4. The van der Waals surface area contributed by atoms with Crippen molar-refractivity contribution in [2.45, 2.75) is 13.0 Å². The minimum Gasteiger partial charge on any atom is -0.368 e. The average Bonchev–Trinajstić information content (AvgIpc) is 2.39. The molecule has 7 heteroatoms. The van der Waals surface area contributed by atoms with Crippen LogP contribution < -0.4 is 16.0 Å². The molecule has 7 nitrogen and oxygen atoms in total. The lowest BCUT2D eigenvalue weighted by atomic mass is 10.2. The Bertz CT molecular complexity index is 541. The number of nitrogens with two attached hydrogens (primary N) is 1. The molecule has 0 aliphatic heterocycles. The normalized spacial score (nSPS) is 11.9. The predicted molar refractivity (Wildman–Crippen MR) is 74.8 cm³/mol. The Balaban J connectivity index is 2.19. The Kier molecular flexibility index (Phi) is 3.74. The lowest BCUT2D eigenvalue weighted by Gasteiger charge is -2.15. The second-order valence-electron chi connectivity index (χ2n) is 4.33. The summed E-state index contributed by atoms with van der Waals surface area (Å²) >= 11 is 0. The molecular weight excluding hydrogens is 242 g/mol. The van der Waals surface area contributed by atoms with Crippen LogP contribution in [0.3, 0.4) is 0 Å². The highest BCUT2D eigenvalue weighted by Gasteiger charge is 2.10. The summed E-state index contributed by atoms with van der Waals surface area (Å²) in [6.07, 6.45) is 1.75. The van der Waals surface area contributed by atoms with Crippen LogP contribution in [0.4, 0.5) is 17.8 Å². The first kappa shape index (κ1) is 13.0. The maximum Gasteiger partial charge on any atom is 0.231 e. The summed E-state index contributed by atoms with van der Waals surface area (Å²) < 4.78 is 0. The van der Waals surface area contributed by atoms with E-state index in [-0.39, 0.29) is 12.0 Å². The zero-order valence-corrected chi connectivity index (χ0v) is 11.2. The molecule has 0 aliphatic rings. The molecule has 2 aromatic heterocycles. The van der Waals surface area contributed by atoms with Crippen molar-refractivity contribution in [2.24, 2.45) is 0 Å². The zero-order valence-electron chi connectivity index (χ0n) is 11.2. The van der Waals surface area contributed by atoms with E-state index in [9.17, 15) is 0 Å². The SMILES string of the molecule is CC(Nc1nc(N)nc(N(C)C)n1)c1ccccn1. The number of aromatic nitrogens is 4. The Labute approximate surface area is 111 Å². The molecule has 0 saturated heterocycles. The molecule has 2 rings (SSSR count). The topological polar surface area (TPSA) is 92.8 Å². The maximum atomic E-state index is 5.67. The van der Waals surface area contributed by atoms with E-state index >= 15 is 0 Å². The Hall–Kier alpha value is -2.44. The summed E-state index contributed by atoms with van der Waals surface area (Å²) in [6, 6.07) is 5.74. The molecule has 0 bridgehead atoms. The van der Waals surface area contributed by atoms with Crippen LogP contribution in [0.2, 0.25) is 0 Å². The summed E-state index contributed by atoms with van der Waals surface area (Å²) in [4.78, 5) is 18.4. The molecule has 0 amide bonds. The monoisotopic (exact) mass is 259 g/mol. The summed E-state index contributed by atoms with van der Waals surface area (Å²) in [5.74, 6) is 1.15. The highest BCUT2D eigenvalue weighted by Crippen LogP contribution is 2.16. The lowest BCUT2D eigenvalue weighted by molar-refractivity contribution is 0.816. The van der Waals surface area contributed by atoms with Gasteiger partial charge in [-0.3, -0.25) is 4.98 Å². The standard InChI is InChI=1S/C12H17N7/c1-8(9-6-4-5-7-14-9)15-11-16-10(13)17-12(18-11)19(2)3/h4-8H,1-3H3,(H3,13,15,16,17,18). The Morgan fingerprint density at radius 1 is 1.21 bits per heavy atom. The second-order valence-corrected chi connectivity index (χ2v) is 4.33. The van der Waals surface area contributed by atoms with E-state index in [0.717, 1.165) is 5.69 Å². The molecule has 0 spiro atoms. The zero-order chi connectivity index (χ0) is 13.8. The van der Waals surface area contributed by atoms with Crippen molar-refractivity contribution in [3.05, 3.63) is 30.1 Å². The van der Waals surface area contributed by atoms with Gasteiger partial charge in [0.05, 0.1) is 11.7 Å². The number of nitrogens with one attached hydrogen (secondary N) is 1. The highest BCUT2D eigenvalue weighted by molar-refractivity contribution is 5.41. The van der Waals surface area contributed by atoms with Gasteiger partial charge in [0.1, 0.15) is 0 Å². The van der Waals surface area contributed by atoms with E-state index in [1.807, 2.05) is 39.2 Å². The van der Waals surface area contributed by atoms with Gasteiger partial charge in [0.25, 0.3) is 0 Å². The van der Waals surface area contributed by atoms with E-state index in [1.54, 1.807) is 11.1 Å². The number of pyridine rings is 1. The first-order chi connectivity index (χ1) is 9.06. The van der Waals surface area contributed by atoms with Gasteiger partial charge in [0.15, 0.2) is 0 Å². The van der Waals surface area contributed by atoms with E-state index in [0.29, 0.717) is 11.9 Å². The first-order valence-corrected chi connectivity index (χ1v) is 5.92.